The van der Waals surface area contributed by atoms with Crippen molar-refractivity contribution in [1.29, 1.82) is 0 Å². The fourth-order valence-electron chi connectivity index (χ4n) is 1.63. The average Bonchev–Trinajstić information content (AvgIpc) is 2.55. The molecule has 0 fully saturated rings. The Balaban J connectivity index is 2.54. The normalized spacial score (nSPS) is 13.1. The molecule has 0 radical (unpaired) electrons. The molecule has 0 saturated heterocycles. The van der Waals surface area contributed by atoms with E-state index in [0.717, 1.165) is 36.5 Å². The number of thioether (sulfide) groups is 1. The number of aryl methyl sites for hydroxylation is 2. The minimum absolute atomic E-state index is 0.237. The second-order valence-electron chi connectivity index (χ2n) is 3.73. The molecule has 15 heavy (non-hydrogen) atoms. The Kier molecular flexibility index (Phi) is 5.19. The Bertz CT molecular complexity index is 299. The Hall–Kier alpha value is -0.480. The number of hydrogen-bond donors (Lipinski definition) is 1. The lowest BCUT2D eigenvalue weighted by Crippen LogP contribution is -2.15. The molecule has 86 valence electrons. The molecule has 0 aliphatic carbocycles. The Morgan fingerprint density at radius 1 is 1.60 bits per heavy atom. The van der Waals surface area contributed by atoms with E-state index in [1.807, 2.05) is 11.6 Å². The van der Waals surface area contributed by atoms with Gasteiger partial charge in [0.05, 0.1) is 11.8 Å². The Morgan fingerprint density at radius 2 is 2.33 bits per heavy atom. The SMILES string of the molecule is CCn1nc(C)cc1CC(O)CCSC. The first-order chi connectivity index (χ1) is 7.17. The van der Waals surface area contributed by atoms with Crippen LogP contribution in [0.25, 0.3) is 0 Å². The zero-order chi connectivity index (χ0) is 11.3. The van der Waals surface area contributed by atoms with Crippen molar-refractivity contribution in [2.75, 3.05) is 12.0 Å². The lowest BCUT2D eigenvalue weighted by molar-refractivity contribution is 0.169. The largest absolute Gasteiger partial charge is 0.393 e. The molecule has 0 bridgehead atoms. The fraction of sp³-hybridized carbons (Fsp3) is 0.727. The maximum atomic E-state index is 9.81. The topological polar surface area (TPSA) is 38.0 Å². The van der Waals surface area contributed by atoms with Crippen molar-refractivity contribution in [2.45, 2.75) is 39.3 Å². The van der Waals surface area contributed by atoms with Crippen LogP contribution in [0.2, 0.25) is 0 Å². The summed E-state index contributed by atoms with van der Waals surface area (Å²) < 4.78 is 1.97. The van der Waals surface area contributed by atoms with Crippen LogP contribution in [0.15, 0.2) is 6.07 Å². The monoisotopic (exact) mass is 228 g/mol. The van der Waals surface area contributed by atoms with Gasteiger partial charge in [0.25, 0.3) is 0 Å². The maximum absolute atomic E-state index is 9.81. The van der Waals surface area contributed by atoms with Gasteiger partial charge in [0.15, 0.2) is 0 Å². The van der Waals surface area contributed by atoms with Crippen molar-refractivity contribution >= 4 is 11.8 Å². The molecule has 0 aromatic carbocycles. The Labute approximate surface area is 95.9 Å². The van der Waals surface area contributed by atoms with Gasteiger partial charge < -0.3 is 5.11 Å². The molecule has 1 unspecified atom stereocenters. The Morgan fingerprint density at radius 3 is 2.93 bits per heavy atom. The predicted octanol–water partition coefficient (Wildman–Crippen LogP) is 1.87. The van der Waals surface area contributed by atoms with E-state index in [4.69, 9.17) is 0 Å². The smallest absolute Gasteiger partial charge is 0.0603 e. The highest BCUT2D eigenvalue weighted by Gasteiger charge is 2.10. The number of aromatic nitrogens is 2. The first-order valence-electron chi connectivity index (χ1n) is 5.37. The van der Waals surface area contributed by atoms with E-state index in [0.29, 0.717) is 0 Å². The van der Waals surface area contributed by atoms with Gasteiger partial charge >= 0.3 is 0 Å². The molecule has 0 saturated carbocycles. The predicted molar refractivity (Wildman–Crippen MR) is 65.3 cm³/mol. The van der Waals surface area contributed by atoms with Gasteiger partial charge in [-0.15, -0.1) is 0 Å². The van der Waals surface area contributed by atoms with Crippen LogP contribution in [0.4, 0.5) is 0 Å². The van der Waals surface area contributed by atoms with Crippen LogP contribution in [0, 0.1) is 6.92 Å². The molecule has 1 aromatic rings. The van der Waals surface area contributed by atoms with Crippen LogP contribution in [0.3, 0.4) is 0 Å². The van der Waals surface area contributed by atoms with E-state index < -0.39 is 0 Å². The van der Waals surface area contributed by atoms with E-state index in [-0.39, 0.29) is 6.10 Å². The van der Waals surface area contributed by atoms with Gasteiger partial charge in [0, 0.05) is 18.7 Å². The summed E-state index contributed by atoms with van der Waals surface area (Å²) >= 11 is 1.77. The summed E-state index contributed by atoms with van der Waals surface area (Å²) in [5.41, 5.74) is 2.17. The van der Waals surface area contributed by atoms with Crippen LogP contribution >= 0.6 is 11.8 Å². The average molecular weight is 228 g/mol. The first kappa shape index (κ1) is 12.6. The summed E-state index contributed by atoms with van der Waals surface area (Å²) in [7, 11) is 0. The van der Waals surface area contributed by atoms with Crippen LogP contribution < -0.4 is 0 Å². The van der Waals surface area contributed by atoms with Crippen molar-refractivity contribution in [3.63, 3.8) is 0 Å². The number of nitrogens with zero attached hydrogens (tertiary/aromatic N) is 2. The maximum Gasteiger partial charge on any atom is 0.0603 e. The molecule has 1 atom stereocenters. The lowest BCUT2D eigenvalue weighted by Gasteiger charge is -2.10. The summed E-state index contributed by atoms with van der Waals surface area (Å²) in [6.07, 6.45) is 3.40. The van der Waals surface area contributed by atoms with E-state index in [9.17, 15) is 5.11 Å². The zero-order valence-electron chi connectivity index (χ0n) is 9.73. The van der Waals surface area contributed by atoms with Gasteiger partial charge in [0.1, 0.15) is 0 Å². The number of hydrogen-bond acceptors (Lipinski definition) is 3. The molecule has 1 N–H and O–H groups in total. The van der Waals surface area contributed by atoms with Crippen molar-refractivity contribution in [1.82, 2.24) is 9.78 Å². The van der Waals surface area contributed by atoms with Gasteiger partial charge in [-0.05, 0) is 38.3 Å². The van der Waals surface area contributed by atoms with E-state index in [1.54, 1.807) is 11.8 Å². The second kappa shape index (κ2) is 6.18. The molecule has 0 amide bonds. The molecule has 0 aliphatic heterocycles. The number of rotatable bonds is 6. The fourth-order valence-corrected chi connectivity index (χ4v) is 2.14. The van der Waals surface area contributed by atoms with Crippen molar-refractivity contribution in [2.24, 2.45) is 0 Å². The zero-order valence-corrected chi connectivity index (χ0v) is 10.5. The standard InChI is InChI=1S/C11H20N2OS/c1-4-13-10(7-9(2)12-13)8-11(14)5-6-15-3/h7,11,14H,4-6,8H2,1-3H3. The van der Waals surface area contributed by atoms with Crippen LogP contribution in [-0.2, 0) is 13.0 Å². The third kappa shape index (κ3) is 3.87. The molecule has 1 heterocycles. The van der Waals surface area contributed by atoms with Gasteiger partial charge in [-0.1, -0.05) is 0 Å². The van der Waals surface area contributed by atoms with Crippen molar-refractivity contribution in [3.8, 4) is 0 Å². The van der Waals surface area contributed by atoms with E-state index >= 15 is 0 Å². The van der Waals surface area contributed by atoms with Gasteiger partial charge in [-0.25, -0.2) is 0 Å². The summed E-state index contributed by atoms with van der Waals surface area (Å²) in [5, 5.41) is 14.2. The third-order valence-electron chi connectivity index (χ3n) is 2.38. The summed E-state index contributed by atoms with van der Waals surface area (Å²) in [5.74, 6) is 1.01. The molecule has 1 aromatic heterocycles. The number of aliphatic hydroxyl groups excluding tert-OH is 1. The summed E-state index contributed by atoms with van der Waals surface area (Å²) in [6, 6.07) is 2.06. The minimum atomic E-state index is -0.237. The summed E-state index contributed by atoms with van der Waals surface area (Å²) in [4.78, 5) is 0. The molecular weight excluding hydrogens is 208 g/mol. The van der Waals surface area contributed by atoms with Crippen molar-refractivity contribution < 1.29 is 5.11 Å². The van der Waals surface area contributed by atoms with E-state index in [2.05, 4.69) is 24.3 Å². The number of aliphatic hydroxyl groups is 1. The first-order valence-corrected chi connectivity index (χ1v) is 6.77. The highest BCUT2D eigenvalue weighted by molar-refractivity contribution is 7.98. The van der Waals surface area contributed by atoms with Crippen molar-refractivity contribution in [3.05, 3.63) is 17.5 Å². The van der Waals surface area contributed by atoms with Crippen LogP contribution in [0.1, 0.15) is 24.7 Å². The highest BCUT2D eigenvalue weighted by Crippen LogP contribution is 2.10. The minimum Gasteiger partial charge on any atom is -0.393 e. The lowest BCUT2D eigenvalue weighted by atomic mass is 10.1. The molecular formula is C11H20N2OS. The second-order valence-corrected chi connectivity index (χ2v) is 4.72. The molecule has 0 spiro atoms. The quantitative estimate of drug-likeness (QED) is 0.807. The van der Waals surface area contributed by atoms with Gasteiger partial charge in [-0.3, -0.25) is 4.68 Å². The van der Waals surface area contributed by atoms with Crippen LogP contribution in [0.5, 0.6) is 0 Å². The van der Waals surface area contributed by atoms with Gasteiger partial charge in [0.2, 0.25) is 0 Å². The molecule has 1 rings (SSSR count). The van der Waals surface area contributed by atoms with Gasteiger partial charge in [-0.2, -0.15) is 16.9 Å². The van der Waals surface area contributed by atoms with E-state index in [1.165, 1.54) is 0 Å². The van der Waals surface area contributed by atoms with Crippen LogP contribution in [-0.4, -0.2) is 33.0 Å². The third-order valence-corrected chi connectivity index (χ3v) is 3.03. The molecule has 3 nitrogen and oxygen atoms in total. The highest BCUT2D eigenvalue weighted by atomic mass is 32.2. The molecule has 0 aliphatic rings. The molecule has 4 heteroatoms. The summed E-state index contributed by atoms with van der Waals surface area (Å²) in [6.45, 7) is 4.94.